The number of hydrogen-bond donors (Lipinski definition) is 1. The summed E-state index contributed by atoms with van der Waals surface area (Å²) in [5.74, 6) is 0.752. The second kappa shape index (κ2) is 5.99. The Balaban J connectivity index is 1.91. The first-order valence-corrected chi connectivity index (χ1v) is 6.87. The average molecular weight is 226 g/mol. The highest BCUT2D eigenvalue weighted by atomic mass is 16.5. The SMILES string of the molecule is CCN(C1CCCNC1)C(C)C1CCOC1. The Kier molecular flexibility index (Phi) is 4.62. The van der Waals surface area contributed by atoms with Gasteiger partial charge in [-0.2, -0.15) is 0 Å². The van der Waals surface area contributed by atoms with Gasteiger partial charge in [0.2, 0.25) is 0 Å². The van der Waals surface area contributed by atoms with Gasteiger partial charge in [-0.15, -0.1) is 0 Å². The Bertz CT molecular complexity index is 198. The van der Waals surface area contributed by atoms with E-state index in [4.69, 9.17) is 4.74 Å². The van der Waals surface area contributed by atoms with Gasteiger partial charge < -0.3 is 10.1 Å². The Labute approximate surface area is 99.5 Å². The molecule has 2 rings (SSSR count). The molecule has 0 aromatic rings. The molecule has 0 aromatic carbocycles. The standard InChI is InChI=1S/C13H26N2O/c1-3-15(13-5-4-7-14-9-13)11(2)12-6-8-16-10-12/h11-14H,3-10H2,1-2H3. The van der Waals surface area contributed by atoms with Gasteiger partial charge in [-0.25, -0.2) is 0 Å². The van der Waals surface area contributed by atoms with Crippen molar-refractivity contribution >= 4 is 0 Å². The Hall–Kier alpha value is -0.120. The van der Waals surface area contributed by atoms with E-state index in [0.29, 0.717) is 6.04 Å². The van der Waals surface area contributed by atoms with Crippen LogP contribution in [0.4, 0.5) is 0 Å². The molecular weight excluding hydrogens is 200 g/mol. The first-order valence-electron chi connectivity index (χ1n) is 6.87. The molecule has 2 aliphatic rings. The molecule has 3 atom stereocenters. The van der Waals surface area contributed by atoms with Crippen LogP contribution in [-0.4, -0.2) is 49.8 Å². The second-order valence-corrected chi connectivity index (χ2v) is 5.19. The van der Waals surface area contributed by atoms with Gasteiger partial charge in [0, 0.05) is 25.2 Å². The van der Waals surface area contributed by atoms with Crippen molar-refractivity contribution in [1.82, 2.24) is 10.2 Å². The molecule has 16 heavy (non-hydrogen) atoms. The summed E-state index contributed by atoms with van der Waals surface area (Å²) >= 11 is 0. The lowest BCUT2D eigenvalue weighted by atomic mass is 9.95. The van der Waals surface area contributed by atoms with Gasteiger partial charge in [0.1, 0.15) is 0 Å². The predicted octanol–water partition coefficient (Wildman–Crippen LogP) is 1.49. The van der Waals surface area contributed by atoms with Crippen molar-refractivity contribution < 1.29 is 4.74 Å². The molecule has 3 nitrogen and oxygen atoms in total. The van der Waals surface area contributed by atoms with E-state index in [9.17, 15) is 0 Å². The fourth-order valence-corrected chi connectivity index (χ4v) is 3.20. The molecule has 3 heteroatoms. The number of likely N-dealkylation sites (N-methyl/N-ethyl adjacent to an activating group) is 1. The molecule has 1 N–H and O–H groups in total. The third-order valence-electron chi connectivity index (χ3n) is 4.28. The zero-order chi connectivity index (χ0) is 11.4. The van der Waals surface area contributed by atoms with Crippen LogP contribution in [0, 0.1) is 5.92 Å². The maximum atomic E-state index is 5.52. The van der Waals surface area contributed by atoms with Gasteiger partial charge in [0.15, 0.2) is 0 Å². The minimum absolute atomic E-state index is 0.678. The van der Waals surface area contributed by atoms with Crippen LogP contribution in [0.25, 0.3) is 0 Å². The van der Waals surface area contributed by atoms with E-state index in [-0.39, 0.29) is 0 Å². The van der Waals surface area contributed by atoms with Gasteiger partial charge in [-0.1, -0.05) is 6.92 Å². The van der Waals surface area contributed by atoms with Crippen LogP contribution in [0.2, 0.25) is 0 Å². The number of ether oxygens (including phenoxy) is 1. The third kappa shape index (κ3) is 2.76. The smallest absolute Gasteiger partial charge is 0.0509 e. The molecule has 0 aliphatic carbocycles. The lowest BCUT2D eigenvalue weighted by Gasteiger charge is -2.40. The predicted molar refractivity (Wildman–Crippen MR) is 66.7 cm³/mol. The van der Waals surface area contributed by atoms with Crippen molar-refractivity contribution in [2.75, 3.05) is 32.8 Å². The van der Waals surface area contributed by atoms with Crippen molar-refractivity contribution in [3.8, 4) is 0 Å². The van der Waals surface area contributed by atoms with Crippen LogP contribution in [0.1, 0.15) is 33.1 Å². The van der Waals surface area contributed by atoms with Crippen LogP contribution in [0.5, 0.6) is 0 Å². The second-order valence-electron chi connectivity index (χ2n) is 5.19. The molecule has 2 heterocycles. The first kappa shape index (κ1) is 12.3. The maximum Gasteiger partial charge on any atom is 0.0509 e. The van der Waals surface area contributed by atoms with Crippen LogP contribution in [-0.2, 0) is 4.74 Å². The van der Waals surface area contributed by atoms with Gasteiger partial charge in [0.25, 0.3) is 0 Å². The largest absolute Gasteiger partial charge is 0.381 e. The highest BCUT2D eigenvalue weighted by molar-refractivity contribution is 4.85. The zero-order valence-corrected chi connectivity index (χ0v) is 10.7. The number of piperidine rings is 1. The molecule has 0 saturated carbocycles. The Morgan fingerprint density at radius 2 is 2.31 bits per heavy atom. The third-order valence-corrected chi connectivity index (χ3v) is 4.28. The number of nitrogens with one attached hydrogen (secondary N) is 1. The van der Waals surface area contributed by atoms with E-state index in [1.807, 2.05) is 0 Å². The molecule has 0 bridgehead atoms. The zero-order valence-electron chi connectivity index (χ0n) is 10.7. The summed E-state index contributed by atoms with van der Waals surface area (Å²) in [7, 11) is 0. The molecule has 0 spiro atoms. The number of nitrogens with zero attached hydrogens (tertiary/aromatic N) is 1. The summed E-state index contributed by atoms with van der Waals surface area (Å²) in [5, 5.41) is 3.52. The Morgan fingerprint density at radius 3 is 2.88 bits per heavy atom. The molecule has 94 valence electrons. The van der Waals surface area contributed by atoms with Crippen LogP contribution >= 0.6 is 0 Å². The first-order chi connectivity index (χ1) is 7.83. The van der Waals surface area contributed by atoms with Gasteiger partial charge >= 0.3 is 0 Å². The molecule has 0 radical (unpaired) electrons. The number of hydrogen-bond acceptors (Lipinski definition) is 3. The molecule has 3 unspecified atom stereocenters. The van der Waals surface area contributed by atoms with Gasteiger partial charge in [0.05, 0.1) is 6.61 Å². The van der Waals surface area contributed by atoms with Crippen LogP contribution < -0.4 is 5.32 Å². The molecule has 2 aliphatic heterocycles. The van der Waals surface area contributed by atoms with Gasteiger partial charge in [-0.05, 0) is 45.2 Å². The van der Waals surface area contributed by atoms with E-state index >= 15 is 0 Å². The lowest BCUT2D eigenvalue weighted by molar-refractivity contribution is 0.0825. The topological polar surface area (TPSA) is 24.5 Å². The van der Waals surface area contributed by atoms with Crippen molar-refractivity contribution in [3.05, 3.63) is 0 Å². The molecule has 2 fully saturated rings. The molecule has 2 saturated heterocycles. The van der Waals surface area contributed by atoms with Crippen molar-refractivity contribution in [2.24, 2.45) is 5.92 Å². The van der Waals surface area contributed by atoms with E-state index in [1.165, 1.54) is 38.9 Å². The van der Waals surface area contributed by atoms with E-state index in [0.717, 1.165) is 25.2 Å². The minimum atomic E-state index is 0.678. The molecule has 0 amide bonds. The highest BCUT2D eigenvalue weighted by Gasteiger charge is 2.30. The highest BCUT2D eigenvalue weighted by Crippen LogP contribution is 2.24. The Morgan fingerprint density at radius 1 is 1.44 bits per heavy atom. The summed E-state index contributed by atoms with van der Waals surface area (Å²) < 4.78 is 5.52. The molecular formula is C13H26N2O. The van der Waals surface area contributed by atoms with Crippen molar-refractivity contribution in [1.29, 1.82) is 0 Å². The number of rotatable bonds is 4. The quantitative estimate of drug-likeness (QED) is 0.786. The van der Waals surface area contributed by atoms with Crippen molar-refractivity contribution in [2.45, 2.75) is 45.2 Å². The summed E-state index contributed by atoms with van der Waals surface area (Å²) in [6, 6.07) is 1.42. The van der Waals surface area contributed by atoms with Crippen LogP contribution in [0.3, 0.4) is 0 Å². The lowest BCUT2D eigenvalue weighted by Crippen LogP contribution is -2.51. The normalized spacial score (nSPS) is 33.2. The summed E-state index contributed by atoms with van der Waals surface area (Å²) in [5.41, 5.74) is 0. The molecule has 0 aromatic heterocycles. The maximum absolute atomic E-state index is 5.52. The fourth-order valence-electron chi connectivity index (χ4n) is 3.20. The van der Waals surface area contributed by atoms with Crippen molar-refractivity contribution in [3.63, 3.8) is 0 Å². The summed E-state index contributed by atoms with van der Waals surface area (Å²) in [4.78, 5) is 2.69. The van der Waals surface area contributed by atoms with Crippen LogP contribution in [0.15, 0.2) is 0 Å². The minimum Gasteiger partial charge on any atom is -0.381 e. The fraction of sp³-hybridized carbons (Fsp3) is 1.00. The summed E-state index contributed by atoms with van der Waals surface area (Å²) in [6.07, 6.45) is 3.94. The van der Waals surface area contributed by atoms with Gasteiger partial charge in [-0.3, -0.25) is 4.90 Å². The average Bonchev–Trinajstić information content (AvgIpc) is 2.85. The van der Waals surface area contributed by atoms with E-state index in [1.54, 1.807) is 0 Å². The monoisotopic (exact) mass is 226 g/mol. The van der Waals surface area contributed by atoms with E-state index in [2.05, 4.69) is 24.1 Å². The summed E-state index contributed by atoms with van der Waals surface area (Å²) in [6.45, 7) is 10.2. The van der Waals surface area contributed by atoms with E-state index < -0.39 is 0 Å².